The third-order valence-corrected chi connectivity index (χ3v) is 3.48. The highest BCUT2D eigenvalue weighted by Crippen LogP contribution is 2.13. The molecule has 0 aliphatic carbocycles. The number of hydrogen-bond acceptors (Lipinski definition) is 4. The third-order valence-electron chi connectivity index (χ3n) is 2.60. The van der Waals surface area contributed by atoms with E-state index in [-0.39, 0.29) is 17.3 Å². The van der Waals surface area contributed by atoms with Crippen molar-refractivity contribution in [2.75, 3.05) is 5.32 Å². The lowest BCUT2D eigenvalue weighted by Gasteiger charge is -2.07. The van der Waals surface area contributed by atoms with Gasteiger partial charge in [-0.3, -0.25) is 14.2 Å². The lowest BCUT2D eigenvalue weighted by molar-refractivity contribution is -0.116. The molecule has 0 radical (unpaired) electrons. The van der Waals surface area contributed by atoms with Crippen molar-refractivity contribution in [3.05, 3.63) is 50.6 Å². The normalized spacial score (nSPS) is 9.89. The number of para-hydroxylation sites is 1. The number of aryl methyl sites for hydroxylation is 1. The highest BCUT2D eigenvalue weighted by atomic mass is 32.1. The van der Waals surface area contributed by atoms with Crippen molar-refractivity contribution in [2.45, 2.75) is 13.5 Å². The second-order valence-corrected chi connectivity index (χ2v) is 4.76. The van der Waals surface area contributed by atoms with Crippen LogP contribution in [0.4, 0.5) is 5.69 Å². The minimum absolute atomic E-state index is 0.0477. The fourth-order valence-electron chi connectivity index (χ4n) is 1.62. The van der Waals surface area contributed by atoms with E-state index in [4.69, 9.17) is 5.26 Å². The highest BCUT2D eigenvalue weighted by Gasteiger charge is 2.10. The van der Waals surface area contributed by atoms with Crippen LogP contribution in [0.15, 0.2) is 34.4 Å². The number of carbonyl (C=O) groups is 1. The number of hydrogen-bond donors (Lipinski definition) is 1. The molecule has 1 aromatic heterocycles. The lowest BCUT2D eigenvalue weighted by Crippen LogP contribution is -2.25. The predicted molar refractivity (Wildman–Crippen MR) is 73.1 cm³/mol. The van der Waals surface area contributed by atoms with Crippen LogP contribution in [0.2, 0.25) is 0 Å². The maximum Gasteiger partial charge on any atom is 0.307 e. The van der Waals surface area contributed by atoms with E-state index in [1.54, 1.807) is 36.6 Å². The van der Waals surface area contributed by atoms with Gasteiger partial charge >= 0.3 is 4.87 Å². The molecule has 1 amide bonds. The fourth-order valence-corrected chi connectivity index (χ4v) is 2.35. The number of benzene rings is 1. The Hall–Kier alpha value is -2.39. The van der Waals surface area contributed by atoms with Crippen molar-refractivity contribution >= 4 is 22.9 Å². The third kappa shape index (κ3) is 2.89. The highest BCUT2D eigenvalue weighted by molar-refractivity contribution is 7.07. The summed E-state index contributed by atoms with van der Waals surface area (Å²) in [6.45, 7) is 1.72. The molecule has 0 atom stereocenters. The average molecular weight is 273 g/mol. The number of rotatable bonds is 3. The first-order valence-corrected chi connectivity index (χ1v) is 6.43. The van der Waals surface area contributed by atoms with Crippen LogP contribution in [0.1, 0.15) is 11.3 Å². The number of thiazole rings is 1. The van der Waals surface area contributed by atoms with E-state index in [0.29, 0.717) is 11.3 Å². The van der Waals surface area contributed by atoms with Gasteiger partial charge in [0.1, 0.15) is 12.6 Å². The zero-order valence-corrected chi connectivity index (χ0v) is 11.0. The van der Waals surface area contributed by atoms with Crippen LogP contribution in [0.25, 0.3) is 0 Å². The topological polar surface area (TPSA) is 74.9 Å². The summed E-state index contributed by atoms with van der Waals surface area (Å²) in [6.07, 6.45) is 0. The molecule has 0 spiro atoms. The van der Waals surface area contributed by atoms with Gasteiger partial charge in [0.15, 0.2) is 0 Å². The van der Waals surface area contributed by atoms with Crippen molar-refractivity contribution in [1.82, 2.24) is 4.57 Å². The Morgan fingerprint density at radius 1 is 1.47 bits per heavy atom. The zero-order chi connectivity index (χ0) is 13.8. The monoisotopic (exact) mass is 273 g/mol. The first-order valence-electron chi connectivity index (χ1n) is 5.55. The number of nitriles is 1. The van der Waals surface area contributed by atoms with E-state index in [2.05, 4.69) is 5.32 Å². The number of carbonyl (C=O) groups excluding carboxylic acids is 1. The van der Waals surface area contributed by atoms with E-state index < -0.39 is 0 Å². The van der Waals surface area contributed by atoms with Gasteiger partial charge in [-0.2, -0.15) is 5.26 Å². The van der Waals surface area contributed by atoms with Crippen LogP contribution in [-0.4, -0.2) is 10.5 Å². The molecule has 1 heterocycles. The Morgan fingerprint density at radius 2 is 2.21 bits per heavy atom. The Balaban J connectivity index is 2.15. The molecule has 0 saturated carbocycles. The van der Waals surface area contributed by atoms with E-state index in [1.165, 1.54) is 4.57 Å². The fraction of sp³-hybridized carbons (Fsp3) is 0.154. The Kier molecular flexibility index (Phi) is 3.78. The number of amides is 1. The van der Waals surface area contributed by atoms with Gasteiger partial charge in [0.2, 0.25) is 5.91 Å². The molecule has 0 fully saturated rings. The summed E-state index contributed by atoms with van der Waals surface area (Å²) < 4.78 is 1.40. The minimum Gasteiger partial charge on any atom is -0.323 e. The molecule has 0 aliphatic rings. The SMILES string of the molecule is Cc1csc(=O)n1CC(=O)Nc1ccccc1C#N. The van der Waals surface area contributed by atoms with Gasteiger partial charge < -0.3 is 5.32 Å². The van der Waals surface area contributed by atoms with Gasteiger partial charge in [0.05, 0.1) is 11.3 Å². The summed E-state index contributed by atoms with van der Waals surface area (Å²) >= 11 is 1.06. The molecule has 0 bridgehead atoms. The number of nitrogens with zero attached hydrogens (tertiary/aromatic N) is 2. The maximum atomic E-state index is 11.9. The molecule has 19 heavy (non-hydrogen) atoms. The largest absolute Gasteiger partial charge is 0.323 e. The maximum absolute atomic E-state index is 11.9. The van der Waals surface area contributed by atoms with E-state index >= 15 is 0 Å². The summed E-state index contributed by atoms with van der Waals surface area (Å²) in [6, 6.07) is 8.74. The first-order chi connectivity index (χ1) is 9.11. The number of nitrogens with one attached hydrogen (secondary N) is 1. The molecule has 2 rings (SSSR count). The average Bonchev–Trinajstić information content (AvgIpc) is 2.71. The summed E-state index contributed by atoms with van der Waals surface area (Å²) in [7, 11) is 0. The second kappa shape index (κ2) is 5.50. The lowest BCUT2D eigenvalue weighted by atomic mass is 10.2. The molecule has 5 nitrogen and oxygen atoms in total. The van der Waals surface area contributed by atoms with Crippen LogP contribution >= 0.6 is 11.3 Å². The van der Waals surface area contributed by atoms with Crippen molar-refractivity contribution in [3.8, 4) is 6.07 Å². The first kappa shape index (κ1) is 13.1. The molecular formula is C13H11N3O2S. The molecule has 6 heteroatoms. The van der Waals surface area contributed by atoms with Crippen LogP contribution in [-0.2, 0) is 11.3 Å². The van der Waals surface area contributed by atoms with Crippen LogP contribution in [0, 0.1) is 18.3 Å². The van der Waals surface area contributed by atoms with Gasteiger partial charge in [-0.15, -0.1) is 0 Å². The summed E-state index contributed by atoms with van der Waals surface area (Å²) in [4.78, 5) is 23.2. The quantitative estimate of drug-likeness (QED) is 0.925. The number of aromatic nitrogens is 1. The summed E-state index contributed by atoms with van der Waals surface area (Å²) in [5.41, 5.74) is 1.60. The molecule has 0 saturated heterocycles. The summed E-state index contributed by atoms with van der Waals surface area (Å²) in [5, 5.41) is 13.3. The molecule has 96 valence electrons. The van der Waals surface area contributed by atoms with Crippen LogP contribution < -0.4 is 10.2 Å². The molecule has 0 aliphatic heterocycles. The predicted octanol–water partition coefficient (Wildman–Crippen LogP) is 1.73. The Bertz CT molecular complexity index is 709. The van der Waals surface area contributed by atoms with Crippen molar-refractivity contribution in [3.63, 3.8) is 0 Å². The van der Waals surface area contributed by atoms with E-state index in [9.17, 15) is 9.59 Å². The summed E-state index contributed by atoms with van der Waals surface area (Å²) in [5.74, 6) is -0.328. The smallest absolute Gasteiger partial charge is 0.307 e. The van der Waals surface area contributed by atoms with Crippen LogP contribution in [0.3, 0.4) is 0 Å². The molecule has 1 N–H and O–H groups in total. The molecule has 0 unspecified atom stereocenters. The van der Waals surface area contributed by atoms with Gasteiger partial charge in [-0.05, 0) is 19.1 Å². The van der Waals surface area contributed by atoms with E-state index in [1.807, 2.05) is 6.07 Å². The standard InChI is InChI=1S/C13H11N3O2S/c1-9-8-19-13(18)16(9)7-12(17)15-11-5-3-2-4-10(11)6-14/h2-5,8H,7H2,1H3,(H,15,17). The van der Waals surface area contributed by atoms with Crippen molar-refractivity contribution < 1.29 is 4.79 Å². The molecule has 1 aromatic carbocycles. The van der Waals surface area contributed by atoms with Gasteiger partial charge in [-0.25, -0.2) is 0 Å². The molecular weight excluding hydrogens is 262 g/mol. The van der Waals surface area contributed by atoms with Gasteiger partial charge in [0, 0.05) is 11.1 Å². The van der Waals surface area contributed by atoms with Crippen molar-refractivity contribution in [1.29, 1.82) is 5.26 Å². The van der Waals surface area contributed by atoms with Crippen LogP contribution in [0.5, 0.6) is 0 Å². The van der Waals surface area contributed by atoms with E-state index in [0.717, 1.165) is 17.0 Å². The van der Waals surface area contributed by atoms with Gasteiger partial charge in [0.25, 0.3) is 0 Å². The van der Waals surface area contributed by atoms with Gasteiger partial charge in [-0.1, -0.05) is 23.5 Å². The minimum atomic E-state index is -0.328. The zero-order valence-electron chi connectivity index (χ0n) is 10.2. The Morgan fingerprint density at radius 3 is 2.84 bits per heavy atom. The Labute approximate surface area is 113 Å². The molecule has 2 aromatic rings. The van der Waals surface area contributed by atoms with Crippen molar-refractivity contribution in [2.24, 2.45) is 0 Å². The number of anilines is 1. The second-order valence-electron chi connectivity index (χ2n) is 3.93.